The first-order chi connectivity index (χ1) is 18.4. The molecule has 0 atom stereocenters. The molecule has 8 heteroatoms. The first kappa shape index (κ1) is 27.6. The van der Waals surface area contributed by atoms with Crippen molar-refractivity contribution in [1.29, 1.82) is 0 Å². The number of amides is 2. The third-order valence-corrected chi connectivity index (χ3v) is 7.39. The van der Waals surface area contributed by atoms with Crippen molar-refractivity contribution in [3.8, 4) is 0 Å². The van der Waals surface area contributed by atoms with Gasteiger partial charge < -0.3 is 10.6 Å². The summed E-state index contributed by atoms with van der Waals surface area (Å²) in [6, 6.07) is 30.6. The molecule has 0 saturated heterocycles. The van der Waals surface area contributed by atoms with Crippen LogP contribution >= 0.6 is 43.6 Å². The standard InChI is InChI=1S/C30H22Br2N2O3S/c31-23-13-9-20(10-14-23)17-27(34-29(36)22-5-2-1-3-6-22)30(37)33-25-7-4-8-26(18-25)38-19-28(35)21-11-15-24(32)16-12-21/h1-18H,19H2,(H,33,37)(H,34,36)/b27-17-. The van der Waals surface area contributed by atoms with Crippen LogP contribution < -0.4 is 10.6 Å². The van der Waals surface area contributed by atoms with Crippen LogP contribution in [-0.4, -0.2) is 23.4 Å². The topological polar surface area (TPSA) is 75.3 Å². The van der Waals surface area contributed by atoms with E-state index in [0.29, 0.717) is 16.8 Å². The minimum atomic E-state index is -0.467. The summed E-state index contributed by atoms with van der Waals surface area (Å²) in [5.41, 5.74) is 2.48. The van der Waals surface area contributed by atoms with Crippen LogP contribution in [0.3, 0.4) is 0 Å². The molecule has 0 unspecified atom stereocenters. The number of anilines is 1. The van der Waals surface area contributed by atoms with Crippen LogP contribution in [-0.2, 0) is 4.79 Å². The monoisotopic (exact) mass is 648 g/mol. The molecule has 4 aromatic carbocycles. The molecule has 0 aliphatic carbocycles. The van der Waals surface area contributed by atoms with Gasteiger partial charge >= 0.3 is 0 Å². The average Bonchev–Trinajstić information content (AvgIpc) is 2.93. The molecule has 0 aliphatic heterocycles. The van der Waals surface area contributed by atoms with Gasteiger partial charge in [-0.2, -0.15) is 0 Å². The summed E-state index contributed by atoms with van der Waals surface area (Å²) in [5.74, 6) is -0.577. The van der Waals surface area contributed by atoms with Gasteiger partial charge in [0, 0.05) is 30.7 Å². The van der Waals surface area contributed by atoms with Crippen LogP contribution in [0.25, 0.3) is 6.08 Å². The Morgan fingerprint density at radius 2 is 1.39 bits per heavy atom. The number of halogens is 2. The van der Waals surface area contributed by atoms with Crippen molar-refractivity contribution < 1.29 is 14.4 Å². The third-order valence-electron chi connectivity index (χ3n) is 5.34. The number of thioether (sulfide) groups is 1. The Bertz CT molecular complexity index is 1470. The van der Waals surface area contributed by atoms with E-state index in [-0.39, 0.29) is 23.1 Å². The lowest BCUT2D eigenvalue weighted by molar-refractivity contribution is -0.113. The smallest absolute Gasteiger partial charge is 0.272 e. The molecule has 0 saturated carbocycles. The van der Waals surface area contributed by atoms with Gasteiger partial charge in [-0.3, -0.25) is 14.4 Å². The van der Waals surface area contributed by atoms with E-state index in [1.54, 1.807) is 54.6 Å². The minimum absolute atomic E-state index is 0.0141. The van der Waals surface area contributed by atoms with Gasteiger partial charge in [0.15, 0.2) is 5.78 Å². The first-order valence-electron chi connectivity index (χ1n) is 11.5. The molecule has 0 spiro atoms. The maximum Gasteiger partial charge on any atom is 0.272 e. The fourth-order valence-corrected chi connectivity index (χ4v) is 4.78. The number of hydrogen-bond donors (Lipinski definition) is 2. The number of rotatable bonds is 9. The molecule has 0 bridgehead atoms. The number of hydrogen-bond acceptors (Lipinski definition) is 4. The molecular formula is C30H22Br2N2O3S. The molecule has 4 rings (SSSR count). The van der Waals surface area contributed by atoms with Crippen molar-refractivity contribution in [3.63, 3.8) is 0 Å². The minimum Gasteiger partial charge on any atom is -0.321 e. The molecule has 0 aromatic heterocycles. The van der Waals surface area contributed by atoms with Crippen LogP contribution in [0.15, 0.2) is 123 Å². The predicted octanol–water partition coefficient (Wildman–Crippen LogP) is 7.60. The quantitative estimate of drug-likeness (QED) is 0.111. The second kappa shape index (κ2) is 13.4. The highest BCUT2D eigenvalue weighted by atomic mass is 79.9. The molecule has 5 nitrogen and oxygen atoms in total. The van der Waals surface area contributed by atoms with Gasteiger partial charge in [0.25, 0.3) is 11.8 Å². The van der Waals surface area contributed by atoms with E-state index in [0.717, 1.165) is 19.4 Å². The van der Waals surface area contributed by atoms with Gasteiger partial charge in [-0.1, -0.05) is 80.4 Å². The lowest BCUT2D eigenvalue weighted by atomic mass is 10.1. The lowest BCUT2D eigenvalue weighted by Gasteiger charge is -2.12. The molecule has 0 radical (unpaired) electrons. The van der Waals surface area contributed by atoms with E-state index in [1.807, 2.05) is 54.6 Å². The van der Waals surface area contributed by atoms with Crippen molar-refractivity contribution in [2.24, 2.45) is 0 Å². The number of nitrogens with one attached hydrogen (secondary N) is 2. The largest absolute Gasteiger partial charge is 0.321 e. The number of Topliss-reactive ketones (excluding diaryl/α,β-unsaturated/α-hetero) is 1. The van der Waals surface area contributed by atoms with Crippen molar-refractivity contribution in [2.75, 3.05) is 11.1 Å². The fourth-order valence-electron chi connectivity index (χ4n) is 3.40. The van der Waals surface area contributed by atoms with E-state index >= 15 is 0 Å². The SMILES string of the molecule is O=C(Nc1cccc(SCC(=O)c2ccc(Br)cc2)c1)/C(=C/c1ccc(Br)cc1)NC(=O)c1ccccc1. The lowest BCUT2D eigenvalue weighted by Crippen LogP contribution is -2.30. The Kier molecular flexibility index (Phi) is 9.70. The first-order valence-corrected chi connectivity index (χ1v) is 14.1. The summed E-state index contributed by atoms with van der Waals surface area (Å²) in [5, 5.41) is 5.60. The van der Waals surface area contributed by atoms with Gasteiger partial charge in [0.05, 0.1) is 5.75 Å². The van der Waals surface area contributed by atoms with E-state index in [4.69, 9.17) is 0 Å². The molecule has 38 heavy (non-hydrogen) atoms. The Morgan fingerprint density at radius 3 is 2.08 bits per heavy atom. The summed E-state index contributed by atoms with van der Waals surface area (Å²) in [6.07, 6.45) is 1.62. The number of benzene rings is 4. The second-order valence-corrected chi connectivity index (χ2v) is 11.0. The molecule has 2 N–H and O–H groups in total. The Morgan fingerprint density at radius 1 is 0.737 bits per heavy atom. The molecule has 0 fully saturated rings. The summed E-state index contributed by atoms with van der Waals surface area (Å²) in [4.78, 5) is 39.5. The van der Waals surface area contributed by atoms with Crippen molar-refractivity contribution >= 4 is 73.0 Å². The third kappa shape index (κ3) is 8.02. The zero-order valence-electron chi connectivity index (χ0n) is 20.0. The van der Waals surface area contributed by atoms with Gasteiger partial charge in [-0.25, -0.2) is 0 Å². The predicted molar refractivity (Wildman–Crippen MR) is 160 cm³/mol. The summed E-state index contributed by atoms with van der Waals surface area (Å²) < 4.78 is 1.82. The Labute approximate surface area is 242 Å². The van der Waals surface area contributed by atoms with Crippen LogP contribution in [0.2, 0.25) is 0 Å². The van der Waals surface area contributed by atoms with Crippen molar-refractivity contribution in [3.05, 3.63) is 134 Å². The van der Waals surface area contributed by atoms with E-state index in [1.165, 1.54) is 11.8 Å². The van der Waals surface area contributed by atoms with E-state index < -0.39 is 5.91 Å². The normalized spacial score (nSPS) is 11.1. The van der Waals surface area contributed by atoms with Crippen LogP contribution in [0, 0.1) is 0 Å². The van der Waals surface area contributed by atoms with Gasteiger partial charge in [-0.15, -0.1) is 11.8 Å². The fraction of sp³-hybridized carbons (Fsp3) is 0.0333. The highest BCUT2D eigenvalue weighted by Crippen LogP contribution is 2.24. The molecule has 190 valence electrons. The summed E-state index contributed by atoms with van der Waals surface area (Å²) in [6.45, 7) is 0. The summed E-state index contributed by atoms with van der Waals surface area (Å²) >= 11 is 8.17. The van der Waals surface area contributed by atoms with Gasteiger partial charge in [0.1, 0.15) is 5.70 Å². The van der Waals surface area contributed by atoms with Crippen molar-refractivity contribution in [1.82, 2.24) is 5.32 Å². The van der Waals surface area contributed by atoms with Crippen LogP contribution in [0.1, 0.15) is 26.3 Å². The molecule has 2 amide bonds. The highest BCUT2D eigenvalue weighted by molar-refractivity contribution is 9.10. The molecular weight excluding hydrogens is 628 g/mol. The van der Waals surface area contributed by atoms with E-state index in [9.17, 15) is 14.4 Å². The highest BCUT2D eigenvalue weighted by Gasteiger charge is 2.15. The van der Waals surface area contributed by atoms with Crippen LogP contribution in [0.4, 0.5) is 5.69 Å². The maximum atomic E-state index is 13.3. The van der Waals surface area contributed by atoms with Gasteiger partial charge in [-0.05, 0) is 66.2 Å². The Hall–Kier alpha value is -3.46. The number of carbonyl (C=O) groups excluding carboxylic acids is 3. The zero-order chi connectivity index (χ0) is 26.9. The number of ketones is 1. The Balaban J connectivity index is 1.48. The molecule has 4 aromatic rings. The molecule has 0 aliphatic rings. The van der Waals surface area contributed by atoms with Crippen LogP contribution in [0.5, 0.6) is 0 Å². The summed E-state index contributed by atoms with van der Waals surface area (Å²) in [7, 11) is 0. The van der Waals surface area contributed by atoms with E-state index in [2.05, 4.69) is 42.5 Å². The second-order valence-electron chi connectivity index (χ2n) is 8.13. The van der Waals surface area contributed by atoms with Crippen molar-refractivity contribution in [2.45, 2.75) is 4.90 Å². The average molecular weight is 650 g/mol. The van der Waals surface area contributed by atoms with Gasteiger partial charge in [0.2, 0.25) is 0 Å². The molecule has 0 heterocycles. The maximum absolute atomic E-state index is 13.3. The number of carbonyl (C=O) groups is 3. The zero-order valence-corrected chi connectivity index (χ0v) is 24.0.